The molecule has 1 amide bonds. The lowest BCUT2D eigenvalue weighted by molar-refractivity contribution is 0.0271. The number of rotatable bonds is 6. The molecule has 30 heavy (non-hydrogen) atoms. The van der Waals surface area contributed by atoms with Crippen molar-refractivity contribution in [3.05, 3.63) is 53.1 Å². The maximum absolute atomic E-state index is 15.3. The summed E-state index contributed by atoms with van der Waals surface area (Å²) in [4.78, 5) is 22.2. The molecule has 1 aliphatic rings. The van der Waals surface area contributed by atoms with Gasteiger partial charge in [-0.3, -0.25) is 9.63 Å². The van der Waals surface area contributed by atoms with E-state index in [1.54, 1.807) is 17.7 Å². The second-order valence-corrected chi connectivity index (χ2v) is 7.47. The Morgan fingerprint density at radius 1 is 1.27 bits per heavy atom. The zero-order valence-corrected chi connectivity index (χ0v) is 18.2. The minimum Gasteiger partial charge on any atom is -0.352 e. The summed E-state index contributed by atoms with van der Waals surface area (Å²) in [5, 5.41) is 3.09. The van der Waals surface area contributed by atoms with E-state index in [0.29, 0.717) is 18.0 Å². The molecule has 1 heterocycles. The Kier molecular flexibility index (Phi) is 6.72. The minimum absolute atomic E-state index is 0.0886. The first-order valence-electron chi connectivity index (χ1n) is 10.3. The second kappa shape index (κ2) is 9.26. The number of hydrogen-bond acceptors (Lipinski definition) is 4. The molecule has 6 nitrogen and oxygen atoms in total. The van der Waals surface area contributed by atoms with Gasteiger partial charge in [0.1, 0.15) is 5.52 Å². The molecule has 160 valence electrons. The summed E-state index contributed by atoms with van der Waals surface area (Å²) in [6.07, 6.45) is 3.76. The molecule has 1 aromatic heterocycles. The average molecular weight is 413 g/mol. The van der Waals surface area contributed by atoms with Crippen LogP contribution in [0.5, 0.6) is 0 Å². The Bertz CT molecular complexity index is 1060. The molecule has 1 aliphatic carbocycles. The zero-order chi connectivity index (χ0) is 21.8. The second-order valence-electron chi connectivity index (χ2n) is 7.47. The van der Waals surface area contributed by atoms with Crippen molar-refractivity contribution in [2.24, 2.45) is 13.0 Å². The summed E-state index contributed by atoms with van der Waals surface area (Å²) in [6, 6.07) is 7.44. The molecular formula is C23H29FN4O2. The number of aryl methyl sites for hydroxylation is 3. The topological polar surface area (TPSA) is 68.2 Å². The van der Waals surface area contributed by atoms with E-state index in [1.807, 2.05) is 45.9 Å². The van der Waals surface area contributed by atoms with Crippen LogP contribution in [0.4, 0.5) is 15.8 Å². The van der Waals surface area contributed by atoms with Crippen LogP contribution in [0, 0.1) is 25.6 Å². The molecule has 1 fully saturated rings. The number of amides is 1. The van der Waals surface area contributed by atoms with Crippen LogP contribution in [0.1, 0.15) is 48.2 Å². The van der Waals surface area contributed by atoms with E-state index in [2.05, 4.69) is 15.8 Å². The highest BCUT2D eigenvalue weighted by atomic mass is 19.1. The van der Waals surface area contributed by atoms with Gasteiger partial charge in [-0.15, -0.1) is 0 Å². The third-order valence-electron chi connectivity index (χ3n) is 5.03. The van der Waals surface area contributed by atoms with Crippen molar-refractivity contribution in [2.45, 2.75) is 40.5 Å². The fourth-order valence-electron chi connectivity index (χ4n) is 3.18. The Morgan fingerprint density at radius 2 is 2.00 bits per heavy atom. The molecule has 3 aromatic rings. The fourth-order valence-corrected chi connectivity index (χ4v) is 3.18. The molecule has 0 bridgehead atoms. The molecule has 0 saturated heterocycles. The van der Waals surface area contributed by atoms with Gasteiger partial charge in [0.25, 0.3) is 5.91 Å². The summed E-state index contributed by atoms with van der Waals surface area (Å²) in [6.45, 7) is 8.40. The molecule has 2 N–H and O–H groups in total. The molecule has 0 spiro atoms. The van der Waals surface area contributed by atoms with Gasteiger partial charge in [0.05, 0.1) is 29.7 Å². The van der Waals surface area contributed by atoms with Gasteiger partial charge >= 0.3 is 0 Å². The van der Waals surface area contributed by atoms with Gasteiger partial charge in [-0.05, 0) is 50.3 Å². The third-order valence-corrected chi connectivity index (χ3v) is 5.03. The third kappa shape index (κ3) is 4.62. The lowest BCUT2D eigenvalue weighted by Gasteiger charge is -2.16. The number of carbonyl (C=O) groups excluding carboxylic acids is 1. The molecular weight excluding hydrogens is 383 g/mol. The molecule has 0 atom stereocenters. The van der Waals surface area contributed by atoms with E-state index in [9.17, 15) is 4.79 Å². The fraction of sp³-hybridized carbons (Fsp3) is 0.391. The van der Waals surface area contributed by atoms with Crippen LogP contribution in [-0.2, 0) is 11.9 Å². The van der Waals surface area contributed by atoms with Gasteiger partial charge in [0, 0.05) is 12.7 Å². The number of carbonyl (C=O) groups is 1. The van der Waals surface area contributed by atoms with Gasteiger partial charge in [0.2, 0.25) is 0 Å². The van der Waals surface area contributed by atoms with Gasteiger partial charge in [-0.25, -0.2) is 14.9 Å². The van der Waals surface area contributed by atoms with Crippen LogP contribution in [0.3, 0.4) is 0 Å². The summed E-state index contributed by atoms with van der Waals surface area (Å²) in [7, 11) is 1.76. The number of hydrogen-bond donors (Lipinski definition) is 2. The van der Waals surface area contributed by atoms with Crippen molar-refractivity contribution in [1.29, 1.82) is 0 Å². The number of aromatic nitrogens is 2. The average Bonchev–Trinajstić information content (AvgIpc) is 3.48. The van der Waals surface area contributed by atoms with Crippen LogP contribution in [0.25, 0.3) is 11.0 Å². The molecule has 0 radical (unpaired) electrons. The predicted molar refractivity (Wildman–Crippen MR) is 117 cm³/mol. The Labute approximate surface area is 176 Å². The van der Waals surface area contributed by atoms with Gasteiger partial charge in [-0.1, -0.05) is 31.5 Å². The number of hydroxylamine groups is 1. The summed E-state index contributed by atoms with van der Waals surface area (Å²) < 4.78 is 17.0. The summed E-state index contributed by atoms with van der Waals surface area (Å²) >= 11 is 0. The van der Waals surface area contributed by atoms with E-state index < -0.39 is 11.7 Å². The first-order chi connectivity index (χ1) is 14.4. The largest absolute Gasteiger partial charge is 0.352 e. The van der Waals surface area contributed by atoms with Crippen LogP contribution >= 0.6 is 0 Å². The smallest absolute Gasteiger partial charge is 0.277 e. The number of anilines is 2. The molecule has 2 aromatic carbocycles. The van der Waals surface area contributed by atoms with Crippen molar-refractivity contribution in [3.8, 4) is 0 Å². The van der Waals surface area contributed by atoms with E-state index in [0.717, 1.165) is 29.7 Å². The van der Waals surface area contributed by atoms with E-state index in [4.69, 9.17) is 4.84 Å². The van der Waals surface area contributed by atoms with Crippen molar-refractivity contribution < 1.29 is 14.0 Å². The van der Waals surface area contributed by atoms with E-state index >= 15 is 4.39 Å². The summed E-state index contributed by atoms with van der Waals surface area (Å²) in [5.41, 5.74) is 6.25. The molecule has 1 saturated carbocycles. The van der Waals surface area contributed by atoms with Gasteiger partial charge < -0.3 is 9.88 Å². The van der Waals surface area contributed by atoms with Crippen LogP contribution in [0.15, 0.2) is 30.6 Å². The van der Waals surface area contributed by atoms with Crippen molar-refractivity contribution in [3.63, 3.8) is 0 Å². The van der Waals surface area contributed by atoms with Crippen molar-refractivity contribution in [2.75, 3.05) is 11.9 Å². The van der Waals surface area contributed by atoms with Gasteiger partial charge in [0.15, 0.2) is 5.82 Å². The molecule has 7 heteroatoms. The normalized spacial score (nSPS) is 13.0. The molecule has 0 aliphatic heterocycles. The Morgan fingerprint density at radius 3 is 2.67 bits per heavy atom. The van der Waals surface area contributed by atoms with E-state index in [1.165, 1.54) is 6.33 Å². The Balaban J connectivity index is 0.00000124. The Hall–Kier alpha value is -2.93. The highest BCUT2D eigenvalue weighted by Crippen LogP contribution is 2.32. The highest BCUT2D eigenvalue weighted by molar-refractivity contribution is 6.04. The van der Waals surface area contributed by atoms with Crippen molar-refractivity contribution >= 4 is 28.3 Å². The van der Waals surface area contributed by atoms with Crippen LogP contribution < -0.4 is 10.8 Å². The maximum atomic E-state index is 15.3. The predicted octanol–water partition coefficient (Wildman–Crippen LogP) is 5.17. The molecule has 0 unspecified atom stereocenters. The summed E-state index contributed by atoms with van der Waals surface area (Å²) in [5.74, 6) is -0.551. The number of halogens is 1. The zero-order valence-electron chi connectivity index (χ0n) is 18.2. The quantitative estimate of drug-likeness (QED) is 0.548. The monoisotopic (exact) mass is 412 g/mol. The number of imidazole rings is 1. The highest BCUT2D eigenvalue weighted by Gasteiger charge is 2.24. The van der Waals surface area contributed by atoms with Crippen molar-refractivity contribution in [1.82, 2.24) is 15.0 Å². The number of benzene rings is 2. The van der Waals surface area contributed by atoms with Gasteiger partial charge in [-0.2, -0.15) is 0 Å². The molecule has 4 rings (SSSR count). The SMILES string of the molecule is CC.Cc1ccc(Nc2c(C(=O)NOCC3CC3)cc3c(ncn3C)c2F)c(C)c1. The van der Waals surface area contributed by atoms with E-state index in [-0.39, 0.29) is 16.8 Å². The minimum atomic E-state index is -0.564. The first kappa shape index (κ1) is 21.8. The first-order valence-corrected chi connectivity index (χ1v) is 10.3. The number of nitrogens with one attached hydrogen (secondary N) is 2. The maximum Gasteiger partial charge on any atom is 0.277 e. The van der Waals surface area contributed by atoms with Crippen LogP contribution in [0.2, 0.25) is 0 Å². The lowest BCUT2D eigenvalue weighted by atomic mass is 10.1. The lowest BCUT2D eigenvalue weighted by Crippen LogP contribution is -2.26. The van der Waals surface area contributed by atoms with Crippen LogP contribution in [-0.4, -0.2) is 22.1 Å². The standard InChI is InChI=1S/C21H23FN4O2.C2H6/c1-12-4-7-16(13(2)8-12)24-19-15(21(27)25-28-10-14-5-6-14)9-17-20(18(19)22)23-11-26(17)3;1-2/h4,7-9,11,14,24H,5-6,10H2,1-3H3,(H,25,27);1-2H3. The number of nitrogens with zero attached hydrogens (tertiary/aromatic N) is 2. The number of fused-ring (bicyclic) bond motifs is 1.